The average Bonchev–Trinajstić information content (AvgIpc) is 3.06. The minimum absolute atomic E-state index is 0.0973. The lowest BCUT2D eigenvalue weighted by atomic mass is 9.93. The van der Waals surface area contributed by atoms with Gasteiger partial charge in [-0.05, 0) is 28.5 Å². The number of benzene rings is 3. The quantitative estimate of drug-likeness (QED) is 0.364. The summed E-state index contributed by atoms with van der Waals surface area (Å²) >= 11 is 0. The number of rotatable bonds is 6. The van der Waals surface area contributed by atoms with Crippen molar-refractivity contribution < 1.29 is 19.4 Å². The second-order valence-corrected chi connectivity index (χ2v) is 8.00. The summed E-state index contributed by atoms with van der Waals surface area (Å²) in [4.78, 5) is 29.5. The minimum Gasteiger partial charge on any atom is -0.507 e. The van der Waals surface area contributed by atoms with E-state index in [1.807, 2.05) is 79.7 Å². The van der Waals surface area contributed by atoms with Gasteiger partial charge in [-0.15, -0.1) is 0 Å². The number of nitrogens with zero attached hydrogens (tertiary/aromatic N) is 2. The predicted molar refractivity (Wildman–Crippen MR) is 126 cm³/mol. The van der Waals surface area contributed by atoms with Crippen LogP contribution in [0.2, 0.25) is 0 Å². The Kier molecular flexibility index (Phi) is 5.97. The van der Waals surface area contributed by atoms with Crippen LogP contribution in [0.15, 0.2) is 72.3 Å². The highest BCUT2D eigenvalue weighted by Crippen LogP contribution is 2.40. The number of likely N-dealkylation sites (tertiary alicyclic amines) is 1. The first kappa shape index (κ1) is 21.6. The highest BCUT2D eigenvalue weighted by atomic mass is 16.5. The molecule has 1 atom stereocenters. The molecule has 1 aliphatic heterocycles. The molecule has 0 bridgehead atoms. The Morgan fingerprint density at radius 2 is 1.69 bits per heavy atom. The van der Waals surface area contributed by atoms with Crippen LogP contribution < -0.4 is 4.90 Å². The van der Waals surface area contributed by atoms with Gasteiger partial charge in [-0.3, -0.25) is 9.59 Å². The number of fused-ring (bicyclic) bond motifs is 1. The molecule has 1 unspecified atom stereocenters. The van der Waals surface area contributed by atoms with Crippen LogP contribution in [0.4, 0.5) is 5.69 Å². The summed E-state index contributed by atoms with van der Waals surface area (Å²) in [5.74, 6) is -1.49. The summed E-state index contributed by atoms with van der Waals surface area (Å²) in [7, 11) is 5.44. The number of hydrogen-bond donors (Lipinski definition) is 1. The van der Waals surface area contributed by atoms with Crippen molar-refractivity contribution in [1.29, 1.82) is 0 Å². The van der Waals surface area contributed by atoms with Gasteiger partial charge < -0.3 is 19.6 Å². The number of Topliss-reactive ketones (excluding diaryl/α,β-unsaturated/α-hetero) is 1. The number of ketones is 1. The fourth-order valence-corrected chi connectivity index (χ4v) is 4.18. The van der Waals surface area contributed by atoms with E-state index in [4.69, 9.17) is 4.74 Å². The molecule has 1 N–H and O–H groups in total. The van der Waals surface area contributed by atoms with Crippen molar-refractivity contribution in [2.75, 3.05) is 39.3 Å². The first-order valence-electron chi connectivity index (χ1n) is 10.5. The van der Waals surface area contributed by atoms with Gasteiger partial charge in [0.15, 0.2) is 0 Å². The van der Waals surface area contributed by atoms with Gasteiger partial charge in [0.25, 0.3) is 11.7 Å². The zero-order chi connectivity index (χ0) is 22.8. The summed E-state index contributed by atoms with van der Waals surface area (Å²) < 4.78 is 5.17. The van der Waals surface area contributed by atoms with Gasteiger partial charge in [0.05, 0.1) is 18.2 Å². The van der Waals surface area contributed by atoms with E-state index in [1.54, 1.807) is 13.2 Å². The zero-order valence-corrected chi connectivity index (χ0v) is 18.4. The lowest BCUT2D eigenvalue weighted by molar-refractivity contribution is -0.140. The fraction of sp³-hybridized carbons (Fsp3) is 0.231. The first-order valence-corrected chi connectivity index (χ1v) is 10.5. The molecular weight excluding hydrogens is 404 g/mol. The van der Waals surface area contributed by atoms with Crippen LogP contribution in [0.25, 0.3) is 16.5 Å². The molecule has 1 fully saturated rings. The van der Waals surface area contributed by atoms with Crippen LogP contribution in [0.3, 0.4) is 0 Å². The maximum atomic E-state index is 13.1. The maximum absolute atomic E-state index is 13.1. The van der Waals surface area contributed by atoms with Crippen molar-refractivity contribution >= 4 is 33.9 Å². The van der Waals surface area contributed by atoms with Crippen LogP contribution in [0.1, 0.15) is 17.2 Å². The van der Waals surface area contributed by atoms with Crippen LogP contribution >= 0.6 is 0 Å². The van der Waals surface area contributed by atoms with E-state index in [0.29, 0.717) is 5.56 Å². The molecule has 1 aliphatic rings. The lowest BCUT2D eigenvalue weighted by Crippen LogP contribution is -2.32. The highest BCUT2D eigenvalue weighted by Gasteiger charge is 2.46. The van der Waals surface area contributed by atoms with E-state index < -0.39 is 17.7 Å². The minimum atomic E-state index is -0.694. The second kappa shape index (κ2) is 8.85. The third-order valence-electron chi connectivity index (χ3n) is 5.85. The predicted octanol–water partition coefficient (Wildman–Crippen LogP) is 3.97. The largest absolute Gasteiger partial charge is 0.507 e. The molecule has 0 saturated carbocycles. The molecule has 6 nitrogen and oxygen atoms in total. The Morgan fingerprint density at radius 1 is 1.00 bits per heavy atom. The number of anilines is 1. The molecule has 1 amide bonds. The normalized spacial score (nSPS) is 17.8. The van der Waals surface area contributed by atoms with Crippen molar-refractivity contribution in [1.82, 2.24) is 4.90 Å². The van der Waals surface area contributed by atoms with E-state index in [9.17, 15) is 14.7 Å². The van der Waals surface area contributed by atoms with Gasteiger partial charge in [0.2, 0.25) is 0 Å². The zero-order valence-electron chi connectivity index (χ0n) is 18.4. The number of carbonyl (C=O) groups excluding carboxylic acids is 2. The monoisotopic (exact) mass is 430 g/mol. The van der Waals surface area contributed by atoms with Crippen molar-refractivity contribution in [3.05, 3.63) is 83.4 Å². The Bertz CT molecular complexity index is 1190. The topological polar surface area (TPSA) is 70.1 Å². The molecule has 3 aromatic carbocycles. The summed E-state index contributed by atoms with van der Waals surface area (Å²) in [6, 6.07) is 20.1. The van der Waals surface area contributed by atoms with Crippen LogP contribution in [0.5, 0.6) is 0 Å². The summed E-state index contributed by atoms with van der Waals surface area (Å²) in [6.07, 6.45) is 0. The number of hydrogen-bond acceptors (Lipinski definition) is 5. The highest BCUT2D eigenvalue weighted by molar-refractivity contribution is 6.46. The van der Waals surface area contributed by atoms with Gasteiger partial charge in [0.1, 0.15) is 5.76 Å². The summed E-state index contributed by atoms with van der Waals surface area (Å²) in [5, 5.41) is 13.1. The number of amides is 1. The molecule has 0 spiro atoms. The molecule has 0 radical (unpaired) electrons. The molecule has 1 saturated heterocycles. The molecule has 0 aromatic heterocycles. The lowest BCUT2D eigenvalue weighted by Gasteiger charge is -2.25. The van der Waals surface area contributed by atoms with Crippen molar-refractivity contribution in [3.8, 4) is 0 Å². The smallest absolute Gasteiger partial charge is 0.295 e. The van der Waals surface area contributed by atoms with Gasteiger partial charge >= 0.3 is 0 Å². The number of ether oxygens (including phenoxy) is 1. The standard InChI is InChI=1S/C26H26N2O4/c1-27(2)19-13-11-18(12-14-19)23-22(25(30)26(31)28(23)15-16-32-3)24(29)21-10-6-8-17-7-4-5-9-20(17)21/h4-14,23,29H,15-16H2,1-3H3/b24-22-. The number of aliphatic hydroxyl groups is 1. The van der Waals surface area contributed by atoms with Crippen LogP contribution in [0, 0.1) is 0 Å². The summed E-state index contributed by atoms with van der Waals surface area (Å²) in [6.45, 7) is 0.529. The van der Waals surface area contributed by atoms with Crippen LogP contribution in [-0.4, -0.2) is 56.1 Å². The van der Waals surface area contributed by atoms with E-state index >= 15 is 0 Å². The van der Waals surface area contributed by atoms with Crippen molar-refractivity contribution in [3.63, 3.8) is 0 Å². The second-order valence-electron chi connectivity index (χ2n) is 8.00. The number of carbonyl (C=O) groups is 2. The van der Waals surface area contributed by atoms with E-state index in [2.05, 4.69) is 0 Å². The number of aliphatic hydroxyl groups excluding tert-OH is 1. The average molecular weight is 431 g/mol. The van der Waals surface area contributed by atoms with Gasteiger partial charge in [0, 0.05) is 39.0 Å². The van der Waals surface area contributed by atoms with E-state index in [0.717, 1.165) is 22.0 Å². The number of methoxy groups -OCH3 is 1. The molecule has 4 rings (SSSR count). The Labute approximate surface area is 187 Å². The molecule has 1 heterocycles. The molecular formula is C26H26N2O4. The van der Waals surface area contributed by atoms with Gasteiger partial charge in [-0.25, -0.2) is 0 Å². The molecule has 32 heavy (non-hydrogen) atoms. The van der Waals surface area contributed by atoms with Crippen LogP contribution in [-0.2, 0) is 14.3 Å². The first-order chi connectivity index (χ1) is 15.4. The Morgan fingerprint density at radius 3 is 2.38 bits per heavy atom. The van der Waals surface area contributed by atoms with Crippen molar-refractivity contribution in [2.24, 2.45) is 0 Å². The summed E-state index contributed by atoms with van der Waals surface area (Å²) in [5.41, 5.74) is 2.38. The third kappa shape index (κ3) is 3.74. The van der Waals surface area contributed by atoms with Gasteiger partial charge in [-0.1, -0.05) is 54.6 Å². The molecule has 6 heteroatoms. The van der Waals surface area contributed by atoms with Crippen molar-refractivity contribution in [2.45, 2.75) is 6.04 Å². The Hall–Kier alpha value is -3.64. The third-order valence-corrected chi connectivity index (χ3v) is 5.85. The molecule has 0 aliphatic carbocycles. The maximum Gasteiger partial charge on any atom is 0.295 e. The SMILES string of the molecule is COCCN1C(=O)C(=O)/C(=C(\O)c2cccc3ccccc23)C1c1ccc(N(C)C)cc1. The Balaban J connectivity index is 1.90. The van der Waals surface area contributed by atoms with Gasteiger partial charge in [-0.2, -0.15) is 0 Å². The van der Waals surface area contributed by atoms with E-state index in [1.165, 1.54) is 4.90 Å². The fourth-order valence-electron chi connectivity index (χ4n) is 4.18. The molecule has 3 aromatic rings. The van der Waals surface area contributed by atoms with E-state index in [-0.39, 0.29) is 24.5 Å². The molecule has 164 valence electrons.